The molecule has 2 amide bonds. The second-order valence-corrected chi connectivity index (χ2v) is 4.91. The van der Waals surface area contributed by atoms with Crippen molar-refractivity contribution in [1.29, 1.82) is 0 Å². The first-order chi connectivity index (χ1) is 7.74. The van der Waals surface area contributed by atoms with Crippen LogP contribution in [0.4, 0.5) is 4.79 Å². The molecule has 17 heavy (non-hydrogen) atoms. The lowest BCUT2D eigenvalue weighted by molar-refractivity contribution is -0.143. The monoisotopic (exact) mass is 244 g/mol. The third-order valence-corrected chi connectivity index (χ3v) is 2.85. The molecule has 0 aliphatic heterocycles. The maximum Gasteiger partial charge on any atom is 0.328 e. The van der Waals surface area contributed by atoms with Gasteiger partial charge in [-0.15, -0.1) is 0 Å². The molecule has 5 nitrogen and oxygen atoms in total. The average Bonchev–Trinajstić information content (AvgIpc) is 2.24. The number of carbonyl (C=O) groups is 2. The number of nitrogens with zero attached hydrogens (tertiary/aromatic N) is 1. The van der Waals surface area contributed by atoms with E-state index in [2.05, 4.69) is 19.2 Å². The molecule has 0 aromatic heterocycles. The van der Waals surface area contributed by atoms with E-state index in [1.165, 1.54) is 13.8 Å². The first-order valence-electron chi connectivity index (χ1n) is 6.05. The Kier molecular flexibility index (Phi) is 5.99. The molecule has 0 radical (unpaired) electrons. The molecule has 0 rings (SSSR count). The van der Waals surface area contributed by atoms with Gasteiger partial charge in [-0.1, -0.05) is 20.3 Å². The predicted octanol–water partition coefficient (Wildman–Crippen LogP) is 1.93. The first kappa shape index (κ1) is 15.7. The van der Waals surface area contributed by atoms with Crippen LogP contribution in [0.25, 0.3) is 0 Å². The van der Waals surface area contributed by atoms with E-state index in [-0.39, 0.29) is 6.03 Å². The lowest BCUT2D eigenvalue weighted by Crippen LogP contribution is -2.54. The van der Waals surface area contributed by atoms with E-state index in [0.29, 0.717) is 19.0 Å². The Bertz CT molecular complexity index is 277. The summed E-state index contributed by atoms with van der Waals surface area (Å²) in [5.74, 6) is -0.626. The summed E-state index contributed by atoms with van der Waals surface area (Å²) < 4.78 is 0. The molecule has 0 fully saturated rings. The maximum absolute atomic E-state index is 11.9. The summed E-state index contributed by atoms with van der Waals surface area (Å²) in [7, 11) is 0. The summed E-state index contributed by atoms with van der Waals surface area (Å²) in [5.41, 5.74) is -1.24. The van der Waals surface area contributed by atoms with Crippen LogP contribution in [0.5, 0.6) is 0 Å². The lowest BCUT2D eigenvalue weighted by Gasteiger charge is -2.29. The molecule has 0 aliphatic rings. The Labute approximate surface area is 103 Å². The number of carbonyl (C=O) groups excluding carboxylic acids is 1. The van der Waals surface area contributed by atoms with Crippen LogP contribution in [0, 0.1) is 5.92 Å². The molecular formula is C12H24N2O3. The van der Waals surface area contributed by atoms with Gasteiger partial charge >= 0.3 is 12.0 Å². The van der Waals surface area contributed by atoms with Crippen molar-refractivity contribution in [3.8, 4) is 0 Å². The Morgan fingerprint density at radius 3 is 2.24 bits per heavy atom. The van der Waals surface area contributed by atoms with E-state index in [1.54, 1.807) is 4.90 Å². The standard InChI is InChI=1S/C12H24N2O3/c1-6-9(3)8-14(7-2)11(17)13-12(4,5)10(15)16/h9H,6-8H2,1-5H3,(H,13,17)(H,15,16). The van der Waals surface area contributed by atoms with E-state index in [9.17, 15) is 9.59 Å². The molecule has 0 heterocycles. The highest BCUT2D eigenvalue weighted by molar-refractivity contribution is 5.85. The lowest BCUT2D eigenvalue weighted by atomic mass is 10.1. The number of amides is 2. The van der Waals surface area contributed by atoms with Crippen molar-refractivity contribution in [2.75, 3.05) is 13.1 Å². The number of carboxylic acids is 1. The number of aliphatic carboxylic acids is 1. The van der Waals surface area contributed by atoms with Crippen LogP contribution in [0.3, 0.4) is 0 Å². The number of carboxylic acid groups (broad SMARTS) is 1. The van der Waals surface area contributed by atoms with Gasteiger partial charge in [-0.3, -0.25) is 0 Å². The van der Waals surface area contributed by atoms with E-state index in [4.69, 9.17) is 5.11 Å². The van der Waals surface area contributed by atoms with Crippen LogP contribution in [0.2, 0.25) is 0 Å². The second kappa shape index (κ2) is 6.47. The van der Waals surface area contributed by atoms with Gasteiger partial charge in [0.25, 0.3) is 0 Å². The third-order valence-electron chi connectivity index (χ3n) is 2.85. The van der Waals surface area contributed by atoms with Crippen LogP contribution < -0.4 is 5.32 Å². The molecule has 1 unspecified atom stereocenters. The molecule has 0 aromatic rings. The zero-order chi connectivity index (χ0) is 13.6. The molecule has 0 bridgehead atoms. The van der Waals surface area contributed by atoms with Gasteiger partial charge < -0.3 is 15.3 Å². The number of hydrogen-bond acceptors (Lipinski definition) is 2. The van der Waals surface area contributed by atoms with Crippen LogP contribution in [0.1, 0.15) is 41.0 Å². The largest absolute Gasteiger partial charge is 0.480 e. The van der Waals surface area contributed by atoms with Gasteiger partial charge in [0, 0.05) is 13.1 Å². The first-order valence-corrected chi connectivity index (χ1v) is 6.05. The highest BCUT2D eigenvalue weighted by atomic mass is 16.4. The fourth-order valence-electron chi connectivity index (χ4n) is 1.26. The Balaban J connectivity index is 4.51. The van der Waals surface area contributed by atoms with E-state index >= 15 is 0 Å². The zero-order valence-electron chi connectivity index (χ0n) is 11.4. The van der Waals surface area contributed by atoms with E-state index in [1.807, 2.05) is 6.92 Å². The van der Waals surface area contributed by atoms with Crippen molar-refractivity contribution < 1.29 is 14.7 Å². The SMILES string of the molecule is CCC(C)CN(CC)C(=O)NC(C)(C)C(=O)O. The van der Waals surface area contributed by atoms with E-state index < -0.39 is 11.5 Å². The van der Waals surface area contributed by atoms with Crippen molar-refractivity contribution in [2.24, 2.45) is 5.92 Å². The van der Waals surface area contributed by atoms with Gasteiger partial charge in [0.15, 0.2) is 0 Å². The Morgan fingerprint density at radius 2 is 1.88 bits per heavy atom. The fourth-order valence-corrected chi connectivity index (χ4v) is 1.26. The summed E-state index contributed by atoms with van der Waals surface area (Å²) >= 11 is 0. The molecule has 0 saturated carbocycles. The van der Waals surface area contributed by atoms with Crippen LogP contribution in [-0.2, 0) is 4.79 Å². The van der Waals surface area contributed by atoms with Gasteiger partial charge in [-0.25, -0.2) is 9.59 Å². The molecule has 2 N–H and O–H groups in total. The second-order valence-electron chi connectivity index (χ2n) is 4.91. The highest BCUT2D eigenvalue weighted by Crippen LogP contribution is 2.07. The predicted molar refractivity (Wildman–Crippen MR) is 66.9 cm³/mol. The van der Waals surface area contributed by atoms with Crippen LogP contribution in [-0.4, -0.2) is 40.6 Å². The molecule has 1 atom stereocenters. The van der Waals surface area contributed by atoms with Crippen molar-refractivity contribution in [2.45, 2.75) is 46.6 Å². The molecule has 0 spiro atoms. The minimum absolute atomic E-state index is 0.319. The van der Waals surface area contributed by atoms with Crippen molar-refractivity contribution >= 4 is 12.0 Å². The van der Waals surface area contributed by atoms with Gasteiger partial charge in [0.1, 0.15) is 5.54 Å². The zero-order valence-corrected chi connectivity index (χ0v) is 11.4. The molecular weight excluding hydrogens is 220 g/mol. The molecule has 100 valence electrons. The quantitative estimate of drug-likeness (QED) is 0.750. The molecule has 0 saturated heterocycles. The van der Waals surface area contributed by atoms with Crippen molar-refractivity contribution in [3.05, 3.63) is 0 Å². The van der Waals surface area contributed by atoms with Crippen molar-refractivity contribution in [1.82, 2.24) is 10.2 Å². The molecule has 0 aliphatic carbocycles. The van der Waals surface area contributed by atoms with Gasteiger partial charge in [-0.05, 0) is 26.7 Å². The minimum Gasteiger partial charge on any atom is -0.480 e. The Morgan fingerprint density at radius 1 is 1.35 bits per heavy atom. The van der Waals surface area contributed by atoms with Gasteiger partial charge in [0.05, 0.1) is 0 Å². The summed E-state index contributed by atoms with van der Waals surface area (Å²) in [6, 6.07) is -0.319. The van der Waals surface area contributed by atoms with Crippen LogP contribution in [0.15, 0.2) is 0 Å². The van der Waals surface area contributed by atoms with Crippen molar-refractivity contribution in [3.63, 3.8) is 0 Å². The summed E-state index contributed by atoms with van der Waals surface area (Å²) in [5, 5.41) is 11.5. The normalized spacial score (nSPS) is 13.0. The highest BCUT2D eigenvalue weighted by Gasteiger charge is 2.30. The number of hydrogen-bond donors (Lipinski definition) is 2. The summed E-state index contributed by atoms with van der Waals surface area (Å²) in [4.78, 5) is 24.4. The van der Waals surface area contributed by atoms with E-state index in [0.717, 1.165) is 6.42 Å². The van der Waals surface area contributed by atoms with Gasteiger partial charge in [-0.2, -0.15) is 0 Å². The van der Waals surface area contributed by atoms with Gasteiger partial charge in [0.2, 0.25) is 0 Å². The number of rotatable bonds is 6. The molecule has 5 heteroatoms. The third kappa shape index (κ3) is 5.06. The smallest absolute Gasteiger partial charge is 0.328 e. The summed E-state index contributed by atoms with van der Waals surface area (Å²) in [6.07, 6.45) is 0.992. The number of urea groups is 1. The topological polar surface area (TPSA) is 69.6 Å². The summed E-state index contributed by atoms with van der Waals surface area (Å²) in [6.45, 7) is 10.2. The van der Waals surface area contributed by atoms with Crippen LogP contribution >= 0.6 is 0 Å². The number of nitrogens with one attached hydrogen (secondary N) is 1. The molecule has 0 aromatic carbocycles. The fraction of sp³-hybridized carbons (Fsp3) is 0.833. The Hall–Kier alpha value is -1.26. The maximum atomic E-state index is 11.9. The average molecular weight is 244 g/mol. The minimum atomic E-state index is -1.24.